The van der Waals surface area contributed by atoms with Gasteiger partial charge in [0.15, 0.2) is 0 Å². The minimum atomic E-state index is -3.05. The summed E-state index contributed by atoms with van der Waals surface area (Å²) in [6, 6.07) is 15.5. The molecular formula is C24H23FN4O3S3. The monoisotopic (exact) mass is 530 g/mol. The molecule has 1 aliphatic heterocycles. The molecule has 0 aliphatic carbocycles. The average molecular weight is 531 g/mol. The van der Waals surface area contributed by atoms with Crippen molar-refractivity contribution < 1.29 is 17.6 Å². The quantitative estimate of drug-likeness (QED) is 0.383. The van der Waals surface area contributed by atoms with E-state index >= 15 is 0 Å². The maximum Gasteiger partial charge on any atom is 0.253 e. The molecule has 182 valence electrons. The molecule has 11 heteroatoms. The van der Waals surface area contributed by atoms with E-state index in [-0.39, 0.29) is 11.6 Å². The van der Waals surface area contributed by atoms with Crippen LogP contribution >= 0.6 is 24.0 Å². The Balaban J connectivity index is 1.35. The van der Waals surface area contributed by atoms with Gasteiger partial charge in [-0.1, -0.05) is 36.1 Å². The lowest BCUT2D eigenvalue weighted by Gasteiger charge is -2.36. The van der Waals surface area contributed by atoms with Gasteiger partial charge < -0.3 is 9.80 Å². The third-order valence-corrected chi connectivity index (χ3v) is 7.87. The highest BCUT2D eigenvalue weighted by molar-refractivity contribution is 8.22. The van der Waals surface area contributed by atoms with E-state index in [0.717, 1.165) is 26.0 Å². The van der Waals surface area contributed by atoms with Crippen LogP contribution < -0.4 is 4.31 Å². The summed E-state index contributed by atoms with van der Waals surface area (Å²) < 4.78 is 39.1. The van der Waals surface area contributed by atoms with Crippen LogP contribution in [0.1, 0.15) is 15.9 Å². The smallest absolute Gasteiger partial charge is 0.253 e. The number of nitrogens with zero attached hydrogens (tertiary/aromatic N) is 4. The van der Waals surface area contributed by atoms with Crippen molar-refractivity contribution in [3.8, 4) is 0 Å². The number of carbonyl (C=O) groups is 1. The van der Waals surface area contributed by atoms with Crippen molar-refractivity contribution in [2.75, 3.05) is 30.5 Å². The van der Waals surface area contributed by atoms with E-state index < -0.39 is 16.7 Å². The first-order valence-electron chi connectivity index (χ1n) is 10.8. The predicted octanol–water partition coefficient (Wildman–Crippen LogP) is 3.86. The summed E-state index contributed by atoms with van der Waals surface area (Å²) in [6.45, 7) is 2.37. The van der Waals surface area contributed by atoms with Crippen LogP contribution in [0.25, 0.3) is 0 Å². The van der Waals surface area contributed by atoms with Gasteiger partial charge in [0.1, 0.15) is 10.1 Å². The van der Waals surface area contributed by atoms with Gasteiger partial charge in [-0.05, 0) is 54.1 Å². The summed E-state index contributed by atoms with van der Waals surface area (Å²) in [4.78, 5) is 21.0. The number of carbonyl (C=O) groups excluding carboxylic acids is 1. The minimum absolute atomic E-state index is 0.131. The zero-order valence-electron chi connectivity index (χ0n) is 18.6. The number of thiocarbonyl (C=S) groups is 1. The van der Waals surface area contributed by atoms with Gasteiger partial charge in [-0.3, -0.25) is 9.78 Å². The Morgan fingerprint density at radius 2 is 1.71 bits per heavy atom. The molecule has 0 spiro atoms. The molecule has 0 bridgehead atoms. The van der Waals surface area contributed by atoms with Crippen LogP contribution in [0, 0.1) is 5.82 Å². The number of anilines is 2. The van der Waals surface area contributed by atoms with Crippen LogP contribution in [-0.4, -0.2) is 59.6 Å². The fourth-order valence-electron chi connectivity index (χ4n) is 3.69. The number of benzene rings is 2. The molecule has 35 heavy (non-hydrogen) atoms. The second-order valence-corrected chi connectivity index (χ2v) is 10.3. The van der Waals surface area contributed by atoms with E-state index in [1.807, 2.05) is 18.3 Å². The van der Waals surface area contributed by atoms with E-state index in [0.29, 0.717) is 37.4 Å². The number of halogens is 1. The van der Waals surface area contributed by atoms with Crippen molar-refractivity contribution in [1.29, 1.82) is 0 Å². The molecule has 1 fully saturated rings. The van der Waals surface area contributed by atoms with Gasteiger partial charge in [-0.25, -0.2) is 17.1 Å². The van der Waals surface area contributed by atoms with Crippen LogP contribution in [0.3, 0.4) is 0 Å². The largest absolute Gasteiger partial charge is 0.354 e. The number of hydrogen-bond acceptors (Lipinski definition) is 6. The third-order valence-electron chi connectivity index (χ3n) is 5.49. The van der Waals surface area contributed by atoms with E-state index in [9.17, 15) is 17.6 Å². The number of pyridine rings is 1. The van der Waals surface area contributed by atoms with Gasteiger partial charge in [-0.2, -0.15) is 0 Å². The van der Waals surface area contributed by atoms with Crippen molar-refractivity contribution >= 4 is 56.5 Å². The van der Waals surface area contributed by atoms with Crippen molar-refractivity contribution in [2.45, 2.75) is 5.75 Å². The number of amides is 1. The van der Waals surface area contributed by atoms with Crippen molar-refractivity contribution in [3.05, 3.63) is 90.0 Å². The Kier molecular flexibility index (Phi) is 8.32. The SMILES string of the molecule is O=C(c1ccc(N(c2cccc(F)c2)[SH](=O)=O)cc1)N1CCN(C(=S)SCc2cccnc2)CC1. The van der Waals surface area contributed by atoms with Gasteiger partial charge in [-0.15, -0.1) is 0 Å². The number of rotatable bonds is 6. The molecule has 0 atom stereocenters. The lowest BCUT2D eigenvalue weighted by atomic mass is 10.1. The Labute approximate surface area is 214 Å². The van der Waals surface area contributed by atoms with Gasteiger partial charge in [0.05, 0.1) is 11.4 Å². The summed E-state index contributed by atoms with van der Waals surface area (Å²) in [5.41, 5.74) is 2.07. The Bertz CT molecular complexity index is 1260. The van der Waals surface area contributed by atoms with E-state index in [1.165, 1.54) is 18.2 Å². The fraction of sp³-hybridized carbons (Fsp3) is 0.208. The van der Waals surface area contributed by atoms with Gasteiger partial charge in [0, 0.05) is 49.9 Å². The summed E-state index contributed by atoms with van der Waals surface area (Å²) in [7, 11) is -3.05. The number of hydrogen-bond donors (Lipinski definition) is 1. The van der Waals surface area contributed by atoms with Crippen LogP contribution in [0.15, 0.2) is 73.1 Å². The van der Waals surface area contributed by atoms with Gasteiger partial charge >= 0.3 is 0 Å². The standard InChI is InChI=1S/C24H23FN4O3S3/c25-20-4-1-5-22(15-20)29(35(31)32)21-8-6-19(7-9-21)23(30)27-11-13-28(14-12-27)24(33)34-17-18-3-2-10-26-16-18/h1-10,15-16,35H,11-14,17H2. The highest BCUT2D eigenvalue weighted by atomic mass is 32.2. The van der Waals surface area contributed by atoms with Crippen molar-refractivity contribution in [3.63, 3.8) is 0 Å². The lowest BCUT2D eigenvalue weighted by Crippen LogP contribution is -2.49. The van der Waals surface area contributed by atoms with Gasteiger partial charge in [0.2, 0.25) is 10.9 Å². The van der Waals surface area contributed by atoms with Crippen LogP contribution in [0.2, 0.25) is 0 Å². The van der Waals surface area contributed by atoms with E-state index in [4.69, 9.17) is 12.2 Å². The van der Waals surface area contributed by atoms with E-state index in [2.05, 4.69) is 9.88 Å². The first-order valence-corrected chi connectivity index (χ1v) is 13.3. The normalized spacial score (nSPS) is 13.7. The molecule has 0 N–H and O–H groups in total. The van der Waals surface area contributed by atoms with Crippen LogP contribution in [-0.2, 0) is 16.6 Å². The molecule has 1 amide bonds. The second kappa shape index (κ2) is 11.6. The summed E-state index contributed by atoms with van der Waals surface area (Å²) >= 11 is 7.15. The molecule has 3 aromatic rings. The summed E-state index contributed by atoms with van der Waals surface area (Å²) in [6.07, 6.45) is 3.56. The first kappa shape index (κ1) is 25.1. The highest BCUT2D eigenvalue weighted by Crippen LogP contribution is 2.27. The molecule has 0 unspecified atom stereocenters. The number of piperazine rings is 1. The number of aromatic nitrogens is 1. The molecule has 0 saturated carbocycles. The summed E-state index contributed by atoms with van der Waals surface area (Å²) in [5, 5.41) is 0. The van der Waals surface area contributed by atoms with Crippen molar-refractivity contribution in [1.82, 2.24) is 14.8 Å². The minimum Gasteiger partial charge on any atom is -0.354 e. The third kappa shape index (κ3) is 6.36. The van der Waals surface area contributed by atoms with Gasteiger partial charge in [0.25, 0.3) is 5.91 Å². The average Bonchev–Trinajstić information content (AvgIpc) is 2.88. The molecule has 0 radical (unpaired) electrons. The molecule has 1 saturated heterocycles. The fourth-order valence-corrected chi connectivity index (χ4v) is 5.51. The lowest BCUT2D eigenvalue weighted by molar-refractivity contribution is 0.0695. The molecule has 2 aromatic carbocycles. The Morgan fingerprint density at radius 3 is 2.34 bits per heavy atom. The van der Waals surface area contributed by atoms with E-state index in [1.54, 1.807) is 47.1 Å². The van der Waals surface area contributed by atoms with Crippen molar-refractivity contribution in [2.24, 2.45) is 0 Å². The maximum absolute atomic E-state index is 13.6. The zero-order valence-corrected chi connectivity index (χ0v) is 21.1. The molecule has 1 aliphatic rings. The highest BCUT2D eigenvalue weighted by Gasteiger charge is 2.24. The Hall–Kier alpha value is -3.02. The number of thioether (sulfide) groups is 1. The topological polar surface area (TPSA) is 73.8 Å². The first-order chi connectivity index (χ1) is 16.9. The molecule has 2 heterocycles. The zero-order chi connectivity index (χ0) is 24.8. The molecule has 1 aromatic heterocycles. The maximum atomic E-state index is 13.6. The molecular weight excluding hydrogens is 507 g/mol. The Morgan fingerprint density at radius 1 is 1.00 bits per heavy atom. The molecule has 4 rings (SSSR count). The van der Waals surface area contributed by atoms with Crippen LogP contribution in [0.4, 0.5) is 15.8 Å². The second-order valence-electron chi connectivity index (χ2n) is 7.77. The van der Waals surface area contributed by atoms with Crippen LogP contribution in [0.5, 0.6) is 0 Å². The summed E-state index contributed by atoms with van der Waals surface area (Å²) in [5.74, 6) is 0.0823. The predicted molar refractivity (Wildman–Crippen MR) is 141 cm³/mol. The number of thiol groups is 1. The molecule has 7 nitrogen and oxygen atoms in total.